The number of carbonyl (C=O) groups is 2. The number of hydrogen-bond donors (Lipinski definition) is 0. The zero-order valence-corrected chi connectivity index (χ0v) is 16.4. The predicted molar refractivity (Wildman–Crippen MR) is 99.6 cm³/mol. The Kier molecular flexibility index (Phi) is 6.96. The Hall–Kier alpha value is -1.46. The van der Waals surface area contributed by atoms with Crippen LogP contribution in [0.25, 0.3) is 0 Å². The highest BCUT2D eigenvalue weighted by molar-refractivity contribution is 6.37. The minimum Gasteiger partial charge on any atom is -0.494 e. The molecule has 1 aliphatic rings. The minimum absolute atomic E-state index is 0.0599. The Bertz CT molecular complexity index is 639. The van der Waals surface area contributed by atoms with Gasteiger partial charge in [0.15, 0.2) is 5.75 Å². The molecule has 1 aliphatic heterocycles. The highest BCUT2D eigenvalue weighted by atomic mass is 35.5. The second-order valence-electron chi connectivity index (χ2n) is 6.07. The van der Waals surface area contributed by atoms with Crippen molar-refractivity contribution in [3.8, 4) is 5.75 Å². The Morgan fingerprint density at radius 1 is 1.04 bits per heavy atom. The zero-order valence-electron chi connectivity index (χ0n) is 14.8. The summed E-state index contributed by atoms with van der Waals surface area (Å²) in [6.45, 7) is 6.05. The third-order valence-corrected chi connectivity index (χ3v) is 5.30. The molecule has 25 heavy (non-hydrogen) atoms. The molecule has 1 saturated heterocycles. The summed E-state index contributed by atoms with van der Waals surface area (Å²) in [6.07, 6.45) is 1.67. The maximum atomic E-state index is 12.9. The fourth-order valence-electron chi connectivity index (χ4n) is 3.12. The molecule has 0 aromatic heterocycles. The first kappa shape index (κ1) is 19.9. The van der Waals surface area contributed by atoms with Gasteiger partial charge in [0, 0.05) is 32.1 Å². The van der Waals surface area contributed by atoms with E-state index in [2.05, 4.69) is 0 Å². The molecule has 0 saturated carbocycles. The molecular formula is C18H24Cl2N2O3. The second kappa shape index (κ2) is 8.77. The summed E-state index contributed by atoms with van der Waals surface area (Å²) in [5.41, 5.74) is 0.274. The van der Waals surface area contributed by atoms with Crippen molar-refractivity contribution >= 4 is 35.0 Å². The molecule has 2 amide bonds. The molecule has 0 bridgehead atoms. The van der Waals surface area contributed by atoms with Crippen molar-refractivity contribution in [3.63, 3.8) is 0 Å². The van der Waals surface area contributed by atoms with Crippen molar-refractivity contribution in [2.24, 2.45) is 5.92 Å². The lowest BCUT2D eigenvalue weighted by Crippen LogP contribution is -2.52. The van der Waals surface area contributed by atoms with Crippen LogP contribution in [0.5, 0.6) is 5.75 Å². The summed E-state index contributed by atoms with van der Waals surface area (Å²) >= 11 is 12.3. The van der Waals surface area contributed by atoms with Crippen LogP contribution in [0.4, 0.5) is 0 Å². The van der Waals surface area contributed by atoms with Crippen molar-refractivity contribution in [2.75, 3.05) is 33.3 Å². The van der Waals surface area contributed by atoms with E-state index in [1.807, 2.05) is 18.7 Å². The molecular weight excluding hydrogens is 363 g/mol. The van der Waals surface area contributed by atoms with Crippen molar-refractivity contribution < 1.29 is 14.3 Å². The minimum atomic E-state index is -0.223. The lowest BCUT2D eigenvalue weighted by atomic mass is 10.0. The molecule has 0 spiro atoms. The Morgan fingerprint density at radius 3 is 2.08 bits per heavy atom. The van der Waals surface area contributed by atoms with Crippen molar-refractivity contribution in [2.45, 2.75) is 26.7 Å². The number of nitrogens with zero attached hydrogens (tertiary/aromatic N) is 2. The fourth-order valence-corrected chi connectivity index (χ4v) is 3.58. The Balaban J connectivity index is 2.10. The standard InChI is InChI=1S/C18H24Cl2N2O3/c1-4-12(5-2)17(23)21-8-10-22(11-9-21)18(24)15-13(19)6-7-14(20)16(15)25-3/h6-7,12H,4-5,8-11H2,1-3H3. The van der Waals surface area contributed by atoms with Crippen LogP contribution in [0.3, 0.4) is 0 Å². The summed E-state index contributed by atoms with van der Waals surface area (Å²) in [6, 6.07) is 3.19. The maximum Gasteiger partial charge on any atom is 0.259 e. The molecule has 138 valence electrons. The number of carbonyl (C=O) groups excluding carboxylic acids is 2. The van der Waals surface area contributed by atoms with E-state index in [-0.39, 0.29) is 29.0 Å². The van der Waals surface area contributed by atoms with Crippen LogP contribution in [0.1, 0.15) is 37.0 Å². The quantitative estimate of drug-likeness (QED) is 0.774. The Labute approximate surface area is 158 Å². The molecule has 0 aliphatic carbocycles. The molecule has 0 N–H and O–H groups in total. The van der Waals surface area contributed by atoms with Crippen molar-refractivity contribution in [3.05, 3.63) is 27.7 Å². The van der Waals surface area contributed by atoms with Gasteiger partial charge in [0.2, 0.25) is 5.91 Å². The highest BCUT2D eigenvalue weighted by Gasteiger charge is 2.30. The first-order valence-electron chi connectivity index (χ1n) is 8.54. The van der Waals surface area contributed by atoms with Gasteiger partial charge in [-0.15, -0.1) is 0 Å². The van der Waals surface area contributed by atoms with E-state index in [0.29, 0.717) is 36.2 Å². The molecule has 1 aromatic carbocycles. The molecule has 1 aromatic rings. The van der Waals surface area contributed by atoms with Gasteiger partial charge in [-0.2, -0.15) is 0 Å². The van der Waals surface area contributed by atoms with E-state index < -0.39 is 0 Å². The fraction of sp³-hybridized carbons (Fsp3) is 0.556. The molecule has 5 nitrogen and oxygen atoms in total. The van der Waals surface area contributed by atoms with Gasteiger partial charge in [-0.25, -0.2) is 0 Å². The SMILES string of the molecule is CCC(CC)C(=O)N1CCN(C(=O)c2c(Cl)ccc(Cl)c2OC)CC1. The highest BCUT2D eigenvalue weighted by Crippen LogP contribution is 2.34. The van der Waals surface area contributed by atoms with Crippen LogP contribution in [-0.4, -0.2) is 54.9 Å². The number of methoxy groups -OCH3 is 1. The monoisotopic (exact) mass is 386 g/mol. The van der Waals surface area contributed by atoms with Gasteiger partial charge in [-0.1, -0.05) is 37.0 Å². The van der Waals surface area contributed by atoms with Crippen molar-refractivity contribution in [1.29, 1.82) is 0 Å². The third kappa shape index (κ3) is 4.21. The lowest BCUT2D eigenvalue weighted by Gasteiger charge is -2.36. The number of rotatable bonds is 5. The van der Waals surface area contributed by atoms with Crippen LogP contribution in [0, 0.1) is 5.92 Å². The number of piperazine rings is 1. The van der Waals surface area contributed by atoms with E-state index >= 15 is 0 Å². The second-order valence-corrected chi connectivity index (χ2v) is 6.88. The smallest absolute Gasteiger partial charge is 0.259 e. The molecule has 1 fully saturated rings. The van der Waals surface area contributed by atoms with E-state index in [0.717, 1.165) is 12.8 Å². The van der Waals surface area contributed by atoms with E-state index in [4.69, 9.17) is 27.9 Å². The zero-order chi connectivity index (χ0) is 18.6. The number of benzene rings is 1. The van der Waals surface area contributed by atoms with Crippen LogP contribution in [-0.2, 0) is 4.79 Å². The molecule has 0 unspecified atom stereocenters. The molecule has 0 radical (unpaired) electrons. The van der Waals surface area contributed by atoms with Gasteiger partial charge in [0.25, 0.3) is 5.91 Å². The third-order valence-electron chi connectivity index (χ3n) is 4.69. The summed E-state index contributed by atoms with van der Waals surface area (Å²) < 4.78 is 5.26. The maximum absolute atomic E-state index is 12.9. The number of hydrogen-bond acceptors (Lipinski definition) is 3. The molecule has 2 rings (SSSR count). The van der Waals surface area contributed by atoms with Crippen LogP contribution in [0.15, 0.2) is 12.1 Å². The molecule has 1 heterocycles. The summed E-state index contributed by atoms with van der Waals surface area (Å²) in [4.78, 5) is 28.9. The summed E-state index contributed by atoms with van der Waals surface area (Å²) in [5.74, 6) is 0.300. The topological polar surface area (TPSA) is 49.9 Å². The van der Waals surface area contributed by atoms with E-state index in [1.165, 1.54) is 7.11 Å². The number of ether oxygens (including phenoxy) is 1. The largest absolute Gasteiger partial charge is 0.494 e. The van der Waals surface area contributed by atoms with Crippen molar-refractivity contribution in [1.82, 2.24) is 9.80 Å². The average Bonchev–Trinajstić information content (AvgIpc) is 2.63. The number of halogens is 2. The van der Waals surface area contributed by atoms with Gasteiger partial charge >= 0.3 is 0 Å². The Morgan fingerprint density at radius 2 is 1.56 bits per heavy atom. The van der Waals surface area contributed by atoms with Gasteiger partial charge in [-0.05, 0) is 25.0 Å². The van der Waals surface area contributed by atoms with E-state index in [9.17, 15) is 9.59 Å². The number of amides is 2. The first-order valence-corrected chi connectivity index (χ1v) is 9.30. The van der Waals surface area contributed by atoms with Crippen LogP contribution in [0.2, 0.25) is 10.0 Å². The van der Waals surface area contributed by atoms with Gasteiger partial charge in [0.05, 0.1) is 17.2 Å². The summed E-state index contributed by atoms with van der Waals surface area (Å²) in [7, 11) is 1.46. The van der Waals surface area contributed by atoms with Gasteiger partial charge in [0.1, 0.15) is 5.56 Å². The van der Waals surface area contributed by atoms with Gasteiger partial charge < -0.3 is 14.5 Å². The van der Waals surface area contributed by atoms with E-state index in [1.54, 1.807) is 17.0 Å². The predicted octanol–water partition coefficient (Wildman–Crippen LogP) is 3.72. The molecule has 7 heteroatoms. The normalized spacial score (nSPS) is 14.8. The molecule has 0 atom stereocenters. The van der Waals surface area contributed by atoms with Crippen LogP contribution >= 0.6 is 23.2 Å². The average molecular weight is 387 g/mol. The lowest BCUT2D eigenvalue weighted by molar-refractivity contribution is -0.137. The van der Waals surface area contributed by atoms with Crippen LogP contribution < -0.4 is 4.74 Å². The summed E-state index contributed by atoms with van der Waals surface area (Å²) in [5, 5.41) is 0.652. The first-order chi connectivity index (χ1) is 11.9. The van der Waals surface area contributed by atoms with Gasteiger partial charge in [-0.3, -0.25) is 9.59 Å².